The summed E-state index contributed by atoms with van der Waals surface area (Å²) >= 11 is 0. The predicted octanol–water partition coefficient (Wildman–Crippen LogP) is 1.78. The summed E-state index contributed by atoms with van der Waals surface area (Å²) in [6, 6.07) is 3.46. The molecule has 0 aromatic carbocycles. The molecule has 0 amide bonds. The molecule has 3 nitrogen and oxygen atoms in total. The zero-order chi connectivity index (χ0) is 11.5. The molecule has 1 aromatic heterocycles. The molecule has 0 saturated carbocycles. The minimum absolute atomic E-state index is 0.267. The molecule has 1 atom stereocenters. The van der Waals surface area contributed by atoms with Gasteiger partial charge in [-0.1, -0.05) is 0 Å². The second kappa shape index (κ2) is 4.78. The molecule has 1 unspecified atom stereocenters. The van der Waals surface area contributed by atoms with Crippen LogP contribution in [-0.2, 0) is 0 Å². The summed E-state index contributed by atoms with van der Waals surface area (Å²) in [7, 11) is 0. The summed E-state index contributed by atoms with van der Waals surface area (Å²) in [6.07, 6.45) is 3.46. The van der Waals surface area contributed by atoms with Crippen molar-refractivity contribution in [3.05, 3.63) is 24.1 Å². The van der Waals surface area contributed by atoms with Crippen LogP contribution < -0.4 is 10.6 Å². The van der Waals surface area contributed by atoms with Gasteiger partial charge in [-0.25, -0.2) is 9.37 Å². The number of nitrogens with zero attached hydrogens (tertiary/aromatic N) is 2. The maximum atomic E-state index is 12.7. The summed E-state index contributed by atoms with van der Waals surface area (Å²) in [4.78, 5) is 6.28. The van der Waals surface area contributed by atoms with Gasteiger partial charge in [0.2, 0.25) is 0 Å². The van der Waals surface area contributed by atoms with E-state index in [4.69, 9.17) is 5.73 Å². The molecule has 2 rings (SSSR count). The minimum atomic E-state index is -0.283. The van der Waals surface area contributed by atoms with E-state index >= 15 is 0 Å². The highest BCUT2D eigenvalue weighted by Gasteiger charge is 2.22. The average Bonchev–Trinajstić information content (AvgIpc) is 2.30. The maximum absolute atomic E-state index is 12.7. The molecule has 1 fully saturated rings. The van der Waals surface area contributed by atoms with Gasteiger partial charge < -0.3 is 10.6 Å². The van der Waals surface area contributed by atoms with Crippen molar-refractivity contribution in [3.8, 4) is 0 Å². The van der Waals surface area contributed by atoms with Crippen LogP contribution in [0.3, 0.4) is 0 Å². The lowest BCUT2D eigenvalue weighted by Gasteiger charge is -2.34. The van der Waals surface area contributed by atoms with E-state index in [1.165, 1.54) is 12.3 Å². The minimum Gasteiger partial charge on any atom is -0.357 e. The van der Waals surface area contributed by atoms with Crippen molar-refractivity contribution in [2.75, 3.05) is 18.0 Å². The van der Waals surface area contributed by atoms with E-state index in [1.807, 2.05) is 0 Å². The number of piperidine rings is 1. The molecule has 2 heterocycles. The lowest BCUT2D eigenvalue weighted by atomic mass is 9.91. The summed E-state index contributed by atoms with van der Waals surface area (Å²) < 4.78 is 12.7. The number of rotatable bonds is 2. The van der Waals surface area contributed by atoms with Crippen LogP contribution in [0.5, 0.6) is 0 Å². The maximum Gasteiger partial charge on any atom is 0.141 e. The lowest BCUT2D eigenvalue weighted by molar-refractivity contribution is 0.353. The molecule has 88 valence electrons. The molecule has 0 aliphatic carbocycles. The van der Waals surface area contributed by atoms with E-state index in [-0.39, 0.29) is 11.9 Å². The number of halogens is 1. The summed E-state index contributed by atoms with van der Waals surface area (Å²) in [5.74, 6) is 1.19. The largest absolute Gasteiger partial charge is 0.357 e. The van der Waals surface area contributed by atoms with Crippen LogP contribution in [0.15, 0.2) is 18.3 Å². The Hall–Kier alpha value is -1.16. The average molecular weight is 223 g/mol. The third-order valence-corrected chi connectivity index (χ3v) is 3.32. The van der Waals surface area contributed by atoms with Crippen molar-refractivity contribution in [2.24, 2.45) is 11.7 Å². The molecule has 1 saturated heterocycles. The fraction of sp³-hybridized carbons (Fsp3) is 0.583. The third kappa shape index (κ3) is 2.50. The van der Waals surface area contributed by atoms with E-state index < -0.39 is 0 Å². The molecule has 1 aliphatic rings. The Morgan fingerprint density at radius 3 is 2.62 bits per heavy atom. The first-order chi connectivity index (χ1) is 7.66. The van der Waals surface area contributed by atoms with Crippen molar-refractivity contribution in [2.45, 2.75) is 25.8 Å². The molecule has 4 heteroatoms. The Labute approximate surface area is 95.5 Å². The van der Waals surface area contributed by atoms with Crippen LogP contribution in [-0.4, -0.2) is 24.1 Å². The number of aromatic nitrogens is 1. The van der Waals surface area contributed by atoms with Crippen molar-refractivity contribution < 1.29 is 4.39 Å². The zero-order valence-corrected chi connectivity index (χ0v) is 9.56. The monoisotopic (exact) mass is 223 g/mol. The third-order valence-electron chi connectivity index (χ3n) is 3.32. The van der Waals surface area contributed by atoms with Crippen LogP contribution in [0.4, 0.5) is 10.2 Å². The van der Waals surface area contributed by atoms with Crippen molar-refractivity contribution in [1.29, 1.82) is 0 Å². The van der Waals surface area contributed by atoms with Gasteiger partial charge in [-0.2, -0.15) is 0 Å². The first-order valence-electron chi connectivity index (χ1n) is 5.79. The quantitative estimate of drug-likeness (QED) is 0.831. The van der Waals surface area contributed by atoms with Gasteiger partial charge in [0.05, 0.1) is 6.20 Å². The van der Waals surface area contributed by atoms with E-state index in [2.05, 4.69) is 16.8 Å². The number of hydrogen-bond acceptors (Lipinski definition) is 3. The van der Waals surface area contributed by atoms with Crippen molar-refractivity contribution in [1.82, 2.24) is 4.98 Å². The van der Waals surface area contributed by atoms with Gasteiger partial charge in [0, 0.05) is 19.1 Å². The Morgan fingerprint density at radius 1 is 1.44 bits per heavy atom. The molecule has 16 heavy (non-hydrogen) atoms. The van der Waals surface area contributed by atoms with Gasteiger partial charge >= 0.3 is 0 Å². The first kappa shape index (κ1) is 11.3. The first-order valence-corrected chi connectivity index (χ1v) is 5.79. The van der Waals surface area contributed by atoms with Crippen LogP contribution >= 0.6 is 0 Å². The molecule has 0 bridgehead atoms. The highest BCUT2D eigenvalue weighted by Crippen LogP contribution is 2.23. The van der Waals surface area contributed by atoms with Crippen molar-refractivity contribution in [3.63, 3.8) is 0 Å². The van der Waals surface area contributed by atoms with E-state index in [9.17, 15) is 4.39 Å². The fourth-order valence-corrected chi connectivity index (χ4v) is 2.21. The van der Waals surface area contributed by atoms with Crippen LogP contribution in [0, 0.1) is 11.7 Å². The van der Waals surface area contributed by atoms with Crippen LogP contribution in [0.2, 0.25) is 0 Å². The second-order valence-corrected chi connectivity index (χ2v) is 4.52. The lowest BCUT2D eigenvalue weighted by Crippen LogP contribution is -2.40. The Balaban J connectivity index is 1.96. The topological polar surface area (TPSA) is 42.1 Å². The molecular weight excluding hydrogens is 205 g/mol. The highest BCUT2D eigenvalue weighted by atomic mass is 19.1. The molecule has 0 radical (unpaired) electrons. The number of pyridine rings is 1. The highest BCUT2D eigenvalue weighted by molar-refractivity contribution is 5.38. The standard InChI is InChI=1S/C12H18FN3/c1-9(14)10-4-6-16(7-5-10)12-3-2-11(13)8-15-12/h2-3,8-10H,4-7,14H2,1H3. The van der Waals surface area contributed by atoms with Gasteiger partial charge in [0.15, 0.2) is 0 Å². The normalized spacial score (nSPS) is 19.8. The summed E-state index contributed by atoms with van der Waals surface area (Å²) in [6.45, 7) is 3.99. The summed E-state index contributed by atoms with van der Waals surface area (Å²) in [5, 5.41) is 0. The van der Waals surface area contributed by atoms with Crippen molar-refractivity contribution >= 4 is 5.82 Å². The molecule has 2 N–H and O–H groups in total. The van der Waals surface area contributed by atoms with E-state index in [0.717, 1.165) is 31.7 Å². The Bertz CT molecular complexity index is 329. The smallest absolute Gasteiger partial charge is 0.141 e. The Morgan fingerprint density at radius 2 is 2.12 bits per heavy atom. The SMILES string of the molecule is CC(N)C1CCN(c2ccc(F)cn2)CC1. The Kier molecular flexibility index (Phi) is 3.39. The van der Waals surface area contributed by atoms with Crippen LogP contribution in [0.1, 0.15) is 19.8 Å². The van der Waals surface area contributed by atoms with Gasteiger partial charge in [-0.3, -0.25) is 0 Å². The van der Waals surface area contributed by atoms with Gasteiger partial charge in [0.25, 0.3) is 0 Å². The zero-order valence-electron chi connectivity index (χ0n) is 9.56. The molecule has 1 aliphatic heterocycles. The number of nitrogens with two attached hydrogens (primary N) is 1. The fourth-order valence-electron chi connectivity index (χ4n) is 2.21. The summed E-state index contributed by atoms with van der Waals surface area (Å²) in [5.41, 5.74) is 5.89. The van der Waals surface area contributed by atoms with E-state index in [0.29, 0.717) is 5.92 Å². The van der Waals surface area contributed by atoms with Gasteiger partial charge in [-0.15, -0.1) is 0 Å². The molecule has 0 spiro atoms. The second-order valence-electron chi connectivity index (χ2n) is 4.52. The van der Waals surface area contributed by atoms with E-state index in [1.54, 1.807) is 6.07 Å². The number of anilines is 1. The van der Waals surface area contributed by atoms with Crippen LogP contribution in [0.25, 0.3) is 0 Å². The molecular formula is C12H18FN3. The molecule has 1 aromatic rings. The number of hydrogen-bond donors (Lipinski definition) is 1. The van der Waals surface area contributed by atoms with Gasteiger partial charge in [0.1, 0.15) is 11.6 Å². The van der Waals surface area contributed by atoms with Gasteiger partial charge in [-0.05, 0) is 37.8 Å². The predicted molar refractivity (Wildman–Crippen MR) is 62.8 cm³/mol.